The molecule has 2 amide bonds. The lowest BCUT2D eigenvalue weighted by atomic mass is 10.1. The van der Waals surface area contributed by atoms with E-state index in [4.69, 9.17) is 4.74 Å². The van der Waals surface area contributed by atoms with Gasteiger partial charge in [-0.3, -0.25) is 9.59 Å². The van der Waals surface area contributed by atoms with E-state index in [2.05, 4.69) is 10.6 Å². The lowest BCUT2D eigenvalue weighted by Gasteiger charge is -2.12. The highest BCUT2D eigenvalue weighted by Crippen LogP contribution is 2.28. The molecule has 0 aromatic heterocycles. The van der Waals surface area contributed by atoms with Crippen molar-refractivity contribution in [2.45, 2.75) is 32.8 Å². The monoisotopic (exact) mass is 338 g/mol. The van der Waals surface area contributed by atoms with E-state index < -0.39 is 6.10 Å². The number of nitrogens with one attached hydrogen (secondary N) is 2. The molecule has 2 aromatic carbocycles. The van der Waals surface area contributed by atoms with Gasteiger partial charge in [0.1, 0.15) is 5.75 Å². The third kappa shape index (κ3) is 4.38. The summed E-state index contributed by atoms with van der Waals surface area (Å²) >= 11 is 0. The molecule has 25 heavy (non-hydrogen) atoms. The molecule has 130 valence electrons. The summed E-state index contributed by atoms with van der Waals surface area (Å²) in [7, 11) is 0. The standard InChI is InChI=1S/C20H22N2O3/c1-13(2)11-19(23)21-15-7-9-16(10-8-15)22-20(24)18-12-14-5-3-4-6-17(14)25-18/h3-10,13,18H,11-12H2,1-2H3,(H,21,23)(H,22,24). The number of para-hydroxylation sites is 1. The molecule has 0 spiro atoms. The maximum Gasteiger partial charge on any atom is 0.265 e. The van der Waals surface area contributed by atoms with Gasteiger partial charge in [0.05, 0.1) is 0 Å². The zero-order chi connectivity index (χ0) is 17.8. The SMILES string of the molecule is CC(C)CC(=O)Nc1ccc(NC(=O)C2Cc3ccccc3O2)cc1. The topological polar surface area (TPSA) is 67.4 Å². The number of rotatable bonds is 5. The highest BCUT2D eigenvalue weighted by Gasteiger charge is 2.28. The Morgan fingerprint density at radius 1 is 1.04 bits per heavy atom. The molecule has 1 atom stereocenters. The number of amides is 2. The quantitative estimate of drug-likeness (QED) is 0.875. The molecular formula is C20H22N2O3. The summed E-state index contributed by atoms with van der Waals surface area (Å²) in [5.74, 6) is 0.900. The van der Waals surface area contributed by atoms with Crippen LogP contribution in [-0.4, -0.2) is 17.9 Å². The lowest BCUT2D eigenvalue weighted by molar-refractivity contribution is -0.122. The zero-order valence-corrected chi connectivity index (χ0v) is 14.4. The van der Waals surface area contributed by atoms with E-state index in [1.165, 1.54) is 0 Å². The van der Waals surface area contributed by atoms with Crippen molar-refractivity contribution >= 4 is 23.2 Å². The average Bonchev–Trinajstić information content (AvgIpc) is 3.00. The molecule has 1 unspecified atom stereocenters. The first-order chi connectivity index (χ1) is 12.0. The van der Waals surface area contributed by atoms with Gasteiger partial charge in [-0.2, -0.15) is 0 Å². The minimum atomic E-state index is -0.511. The van der Waals surface area contributed by atoms with E-state index >= 15 is 0 Å². The molecule has 1 heterocycles. The third-order valence-electron chi connectivity index (χ3n) is 3.97. The van der Waals surface area contributed by atoms with Crippen LogP contribution in [0.15, 0.2) is 48.5 Å². The highest BCUT2D eigenvalue weighted by atomic mass is 16.5. The van der Waals surface area contributed by atoms with Crippen LogP contribution in [0.1, 0.15) is 25.8 Å². The summed E-state index contributed by atoms with van der Waals surface area (Å²) < 4.78 is 5.69. The molecule has 3 rings (SSSR count). The first kappa shape index (κ1) is 17.0. The van der Waals surface area contributed by atoms with E-state index in [1.54, 1.807) is 24.3 Å². The van der Waals surface area contributed by atoms with Gasteiger partial charge in [-0.05, 0) is 41.8 Å². The fourth-order valence-electron chi connectivity index (χ4n) is 2.77. The van der Waals surface area contributed by atoms with Gasteiger partial charge in [0, 0.05) is 24.2 Å². The molecule has 0 saturated heterocycles. The van der Waals surface area contributed by atoms with Gasteiger partial charge in [0.2, 0.25) is 5.91 Å². The Balaban J connectivity index is 1.55. The summed E-state index contributed by atoms with van der Waals surface area (Å²) in [4.78, 5) is 24.1. The number of ether oxygens (including phenoxy) is 1. The van der Waals surface area contributed by atoms with Crippen molar-refractivity contribution in [3.63, 3.8) is 0 Å². The Hall–Kier alpha value is -2.82. The average molecular weight is 338 g/mol. The van der Waals surface area contributed by atoms with Crippen LogP contribution in [0.4, 0.5) is 11.4 Å². The van der Waals surface area contributed by atoms with Crippen molar-refractivity contribution in [1.29, 1.82) is 0 Å². The van der Waals surface area contributed by atoms with Crippen molar-refractivity contribution in [2.24, 2.45) is 5.92 Å². The smallest absolute Gasteiger partial charge is 0.265 e. The van der Waals surface area contributed by atoms with Crippen molar-refractivity contribution in [1.82, 2.24) is 0 Å². The molecule has 0 bridgehead atoms. The molecule has 5 heteroatoms. The predicted octanol–water partition coefficient (Wildman–Crippen LogP) is 3.61. The fraction of sp³-hybridized carbons (Fsp3) is 0.300. The van der Waals surface area contributed by atoms with Crippen LogP contribution in [-0.2, 0) is 16.0 Å². The van der Waals surface area contributed by atoms with Gasteiger partial charge < -0.3 is 15.4 Å². The van der Waals surface area contributed by atoms with Gasteiger partial charge in [0.25, 0.3) is 5.91 Å². The van der Waals surface area contributed by atoms with Gasteiger partial charge in [0.15, 0.2) is 6.10 Å². The molecule has 5 nitrogen and oxygen atoms in total. The molecule has 1 aliphatic rings. The van der Waals surface area contributed by atoms with Gasteiger partial charge in [-0.15, -0.1) is 0 Å². The molecule has 2 aromatic rings. The highest BCUT2D eigenvalue weighted by molar-refractivity contribution is 5.96. The third-order valence-corrected chi connectivity index (χ3v) is 3.97. The van der Waals surface area contributed by atoms with E-state index in [0.29, 0.717) is 30.1 Å². The molecule has 0 aliphatic carbocycles. The Morgan fingerprint density at radius 3 is 2.32 bits per heavy atom. The van der Waals surface area contributed by atoms with Crippen LogP contribution >= 0.6 is 0 Å². The number of carbonyl (C=O) groups is 2. The second-order valence-electron chi connectivity index (χ2n) is 6.63. The number of hydrogen-bond donors (Lipinski definition) is 2. The number of hydrogen-bond acceptors (Lipinski definition) is 3. The fourth-order valence-corrected chi connectivity index (χ4v) is 2.77. The van der Waals surface area contributed by atoms with Crippen molar-refractivity contribution in [3.05, 3.63) is 54.1 Å². The minimum Gasteiger partial charge on any atom is -0.480 e. The molecule has 2 N–H and O–H groups in total. The van der Waals surface area contributed by atoms with E-state index in [-0.39, 0.29) is 11.8 Å². The van der Waals surface area contributed by atoms with E-state index in [9.17, 15) is 9.59 Å². The second kappa shape index (κ2) is 7.38. The molecular weight excluding hydrogens is 316 g/mol. The Bertz CT molecular complexity index is 744. The van der Waals surface area contributed by atoms with Crippen LogP contribution in [0, 0.1) is 5.92 Å². The molecule has 0 radical (unpaired) electrons. The minimum absolute atomic E-state index is 0.0103. The second-order valence-corrected chi connectivity index (χ2v) is 6.63. The Morgan fingerprint density at radius 2 is 1.68 bits per heavy atom. The number of fused-ring (bicyclic) bond motifs is 1. The van der Waals surface area contributed by atoms with Crippen LogP contribution in [0.5, 0.6) is 5.75 Å². The van der Waals surface area contributed by atoms with Crippen molar-refractivity contribution in [2.75, 3.05) is 10.6 Å². The molecule has 0 fully saturated rings. The van der Waals surface area contributed by atoms with E-state index in [0.717, 1.165) is 11.3 Å². The van der Waals surface area contributed by atoms with Gasteiger partial charge in [-0.25, -0.2) is 0 Å². The number of anilines is 2. The Labute approximate surface area is 147 Å². The summed E-state index contributed by atoms with van der Waals surface area (Å²) in [5.41, 5.74) is 2.44. The zero-order valence-electron chi connectivity index (χ0n) is 14.4. The van der Waals surface area contributed by atoms with Crippen molar-refractivity contribution in [3.8, 4) is 5.75 Å². The summed E-state index contributed by atoms with van der Waals surface area (Å²) in [6.07, 6.45) is 0.548. The number of carbonyl (C=O) groups excluding carboxylic acids is 2. The number of benzene rings is 2. The van der Waals surface area contributed by atoms with Gasteiger partial charge >= 0.3 is 0 Å². The van der Waals surface area contributed by atoms with Crippen molar-refractivity contribution < 1.29 is 14.3 Å². The summed E-state index contributed by atoms with van der Waals surface area (Å²) in [5, 5.41) is 5.70. The normalized spacial score (nSPS) is 15.4. The largest absolute Gasteiger partial charge is 0.480 e. The van der Waals surface area contributed by atoms with Crippen LogP contribution < -0.4 is 15.4 Å². The predicted molar refractivity (Wildman–Crippen MR) is 97.7 cm³/mol. The van der Waals surface area contributed by atoms with E-state index in [1.807, 2.05) is 38.1 Å². The summed E-state index contributed by atoms with van der Waals surface area (Å²) in [6.45, 7) is 4.00. The molecule has 0 saturated carbocycles. The Kier molecular flexibility index (Phi) is 5.03. The van der Waals surface area contributed by atoms with Crippen LogP contribution in [0.2, 0.25) is 0 Å². The first-order valence-corrected chi connectivity index (χ1v) is 8.46. The van der Waals surface area contributed by atoms with Gasteiger partial charge in [-0.1, -0.05) is 32.0 Å². The first-order valence-electron chi connectivity index (χ1n) is 8.46. The molecule has 1 aliphatic heterocycles. The van der Waals surface area contributed by atoms with Crippen LogP contribution in [0.25, 0.3) is 0 Å². The maximum atomic E-state index is 12.4. The summed E-state index contributed by atoms with van der Waals surface area (Å²) in [6, 6.07) is 14.8. The maximum absolute atomic E-state index is 12.4. The van der Waals surface area contributed by atoms with Crippen LogP contribution in [0.3, 0.4) is 0 Å². The lowest BCUT2D eigenvalue weighted by Crippen LogP contribution is -2.31.